The first kappa shape index (κ1) is 10.6. The second kappa shape index (κ2) is 4.64. The van der Waals surface area contributed by atoms with Crippen molar-refractivity contribution < 1.29 is 0 Å². The standard InChI is InChI=1S/C11H22N2/c1-5-8-9(6-2)11-10(7-3)13(4)12-11/h9-10H,5-8H2,1-4H3. The van der Waals surface area contributed by atoms with Crippen LogP contribution >= 0.6 is 0 Å². The molecule has 1 aliphatic rings. The Morgan fingerprint density at radius 2 is 2.08 bits per heavy atom. The zero-order chi connectivity index (χ0) is 9.84. The Morgan fingerprint density at radius 1 is 1.38 bits per heavy atom. The second-order valence-electron chi connectivity index (χ2n) is 3.92. The van der Waals surface area contributed by atoms with Gasteiger partial charge in [-0.25, -0.2) is 0 Å². The molecule has 2 heteroatoms. The lowest BCUT2D eigenvalue weighted by molar-refractivity contribution is 0.242. The fraction of sp³-hybridized carbons (Fsp3) is 0.909. The molecule has 1 aliphatic heterocycles. The largest absolute Gasteiger partial charge is 0.291 e. The Hall–Kier alpha value is -0.530. The van der Waals surface area contributed by atoms with Crippen LogP contribution in [0.25, 0.3) is 0 Å². The molecule has 0 radical (unpaired) electrons. The smallest absolute Gasteiger partial charge is 0.0866 e. The van der Waals surface area contributed by atoms with Crippen molar-refractivity contribution >= 4 is 5.71 Å². The monoisotopic (exact) mass is 182 g/mol. The van der Waals surface area contributed by atoms with E-state index in [1.807, 2.05) is 0 Å². The maximum Gasteiger partial charge on any atom is 0.0866 e. The van der Waals surface area contributed by atoms with Crippen LogP contribution < -0.4 is 0 Å². The predicted molar refractivity (Wildman–Crippen MR) is 58.0 cm³/mol. The van der Waals surface area contributed by atoms with Crippen LogP contribution in [0.2, 0.25) is 0 Å². The Morgan fingerprint density at radius 3 is 2.46 bits per heavy atom. The maximum absolute atomic E-state index is 4.51. The molecule has 1 heterocycles. The van der Waals surface area contributed by atoms with Gasteiger partial charge in [-0.1, -0.05) is 27.2 Å². The molecule has 0 bridgehead atoms. The summed E-state index contributed by atoms with van der Waals surface area (Å²) in [7, 11) is 2.08. The van der Waals surface area contributed by atoms with Gasteiger partial charge in [0, 0.05) is 13.0 Å². The topological polar surface area (TPSA) is 15.6 Å². The van der Waals surface area contributed by atoms with Gasteiger partial charge in [0.25, 0.3) is 0 Å². The third-order valence-corrected chi connectivity index (χ3v) is 3.00. The second-order valence-corrected chi connectivity index (χ2v) is 3.92. The number of hydrogen-bond donors (Lipinski definition) is 0. The van der Waals surface area contributed by atoms with Crippen LogP contribution in [0.3, 0.4) is 0 Å². The minimum atomic E-state index is 0.636. The molecule has 0 saturated heterocycles. The van der Waals surface area contributed by atoms with Crippen molar-refractivity contribution in [3.05, 3.63) is 0 Å². The summed E-state index contributed by atoms with van der Waals surface area (Å²) in [6.45, 7) is 6.77. The highest BCUT2D eigenvalue weighted by atomic mass is 15.5. The average Bonchev–Trinajstić information content (AvgIpc) is 2.11. The average molecular weight is 182 g/mol. The van der Waals surface area contributed by atoms with Crippen LogP contribution in [0, 0.1) is 5.92 Å². The van der Waals surface area contributed by atoms with Gasteiger partial charge in [-0.15, -0.1) is 0 Å². The summed E-state index contributed by atoms with van der Waals surface area (Å²) >= 11 is 0. The van der Waals surface area contributed by atoms with Crippen LogP contribution in [-0.4, -0.2) is 23.8 Å². The molecule has 0 N–H and O–H groups in total. The lowest BCUT2D eigenvalue weighted by atomic mass is 9.87. The van der Waals surface area contributed by atoms with E-state index in [1.54, 1.807) is 0 Å². The molecule has 0 aromatic carbocycles. The quantitative estimate of drug-likeness (QED) is 0.638. The van der Waals surface area contributed by atoms with Gasteiger partial charge in [-0.05, 0) is 19.3 Å². The molecule has 1 rings (SSSR count). The lowest BCUT2D eigenvalue weighted by Crippen LogP contribution is -2.48. The van der Waals surface area contributed by atoms with Gasteiger partial charge in [0.05, 0.1) is 11.8 Å². The third kappa shape index (κ3) is 2.04. The number of hydrogen-bond acceptors (Lipinski definition) is 2. The van der Waals surface area contributed by atoms with Crippen molar-refractivity contribution in [2.24, 2.45) is 11.0 Å². The Balaban J connectivity index is 2.55. The van der Waals surface area contributed by atoms with Gasteiger partial charge in [-0.2, -0.15) is 5.10 Å². The summed E-state index contributed by atoms with van der Waals surface area (Å²) in [4.78, 5) is 0. The molecule has 2 nitrogen and oxygen atoms in total. The van der Waals surface area contributed by atoms with E-state index in [1.165, 1.54) is 31.4 Å². The summed E-state index contributed by atoms with van der Waals surface area (Å²) in [5, 5.41) is 6.62. The molecular weight excluding hydrogens is 160 g/mol. The first-order valence-electron chi connectivity index (χ1n) is 5.55. The van der Waals surface area contributed by atoms with E-state index in [2.05, 4.69) is 37.9 Å². The van der Waals surface area contributed by atoms with Crippen molar-refractivity contribution in [2.75, 3.05) is 7.05 Å². The van der Waals surface area contributed by atoms with Gasteiger partial charge in [-0.3, -0.25) is 5.01 Å². The highest BCUT2D eigenvalue weighted by Gasteiger charge is 2.31. The van der Waals surface area contributed by atoms with E-state index in [0.29, 0.717) is 6.04 Å². The normalized spacial score (nSPS) is 23.8. The SMILES string of the molecule is CCCC(CC)C1=NN(C)C1CC. The molecule has 2 atom stereocenters. The fourth-order valence-corrected chi connectivity index (χ4v) is 2.19. The van der Waals surface area contributed by atoms with Crippen molar-refractivity contribution in [3.63, 3.8) is 0 Å². The van der Waals surface area contributed by atoms with Crippen LogP contribution in [-0.2, 0) is 0 Å². The molecule has 0 aromatic heterocycles. The predicted octanol–water partition coefficient (Wildman–Crippen LogP) is 2.89. The summed E-state index contributed by atoms with van der Waals surface area (Å²) in [5.74, 6) is 0.742. The number of rotatable bonds is 5. The zero-order valence-corrected chi connectivity index (χ0v) is 9.38. The van der Waals surface area contributed by atoms with Gasteiger partial charge in [0.1, 0.15) is 0 Å². The molecule has 0 fully saturated rings. The molecule has 0 aliphatic carbocycles. The van der Waals surface area contributed by atoms with Crippen molar-refractivity contribution in [1.29, 1.82) is 0 Å². The Bertz CT molecular complexity index is 187. The summed E-state index contributed by atoms with van der Waals surface area (Å²) in [5.41, 5.74) is 1.45. The van der Waals surface area contributed by atoms with Crippen LogP contribution in [0.15, 0.2) is 5.10 Å². The van der Waals surface area contributed by atoms with Gasteiger partial charge in [0.15, 0.2) is 0 Å². The van der Waals surface area contributed by atoms with Crippen LogP contribution in [0.5, 0.6) is 0 Å². The highest BCUT2D eigenvalue weighted by molar-refractivity contribution is 5.94. The first-order valence-corrected chi connectivity index (χ1v) is 5.55. The minimum Gasteiger partial charge on any atom is -0.291 e. The molecular formula is C11H22N2. The van der Waals surface area contributed by atoms with E-state index in [9.17, 15) is 0 Å². The van der Waals surface area contributed by atoms with Crippen molar-refractivity contribution in [2.45, 2.75) is 52.5 Å². The van der Waals surface area contributed by atoms with E-state index in [4.69, 9.17) is 0 Å². The van der Waals surface area contributed by atoms with Gasteiger partial charge >= 0.3 is 0 Å². The zero-order valence-electron chi connectivity index (χ0n) is 9.38. The van der Waals surface area contributed by atoms with E-state index < -0.39 is 0 Å². The molecule has 0 aromatic rings. The summed E-state index contributed by atoms with van der Waals surface area (Å²) in [6.07, 6.45) is 5.03. The Kier molecular flexibility index (Phi) is 3.76. The minimum absolute atomic E-state index is 0.636. The molecule has 0 saturated carbocycles. The van der Waals surface area contributed by atoms with Crippen LogP contribution in [0.1, 0.15) is 46.5 Å². The van der Waals surface area contributed by atoms with Gasteiger partial charge < -0.3 is 0 Å². The molecule has 0 spiro atoms. The summed E-state index contributed by atoms with van der Waals surface area (Å²) in [6, 6.07) is 0.636. The Labute approximate surface area is 82.0 Å². The summed E-state index contributed by atoms with van der Waals surface area (Å²) < 4.78 is 0. The third-order valence-electron chi connectivity index (χ3n) is 3.00. The molecule has 76 valence electrons. The lowest BCUT2D eigenvalue weighted by Gasteiger charge is -2.39. The molecule has 2 unspecified atom stereocenters. The maximum atomic E-state index is 4.51. The van der Waals surface area contributed by atoms with E-state index >= 15 is 0 Å². The first-order chi connectivity index (χ1) is 6.24. The van der Waals surface area contributed by atoms with Gasteiger partial charge in [0.2, 0.25) is 0 Å². The number of hydrazone groups is 1. The molecule has 13 heavy (non-hydrogen) atoms. The number of nitrogens with zero attached hydrogens (tertiary/aromatic N) is 2. The van der Waals surface area contributed by atoms with E-state index in [-0.39, 0.29) is 0 Å². The highest BCUT2D eigenvalue weighted by Crippen LogP contribution is 2.25. The van der Waals surface area contributed by atoms with Crippen molar-refractivity contribution in [3.8, 4) is 0 Å². The van der Waals surface area contributed by atoms with Crippen LogP contribution in [0.4, 0.5) is 0 Å². The molecule has 0 amide bonds. The van der Waals surface area contributed by atoms with Crippen molar-refractivity contribution in [1.82, 2.24) is 5.01 Å². The fourth-order valence-electron chi connectivity index (χ4n) is 2.19. The van der Waals surface area contributed by atoms with E-state index in [0.717, 1.165) is 5.92 Å².